The Morgan fingerprint density at radius 2 is 1.90 bits per heavy atom. The van der Waals surface area contributed by atoms with Gasteiger partial charge in [0.05, 0.1) is 5.69 Å². The Bertz CT molecular complexity index is 1140. The summed E-state index contributed by atoms with van der Waals surface area (Å²) < 4.78 is 2.06. The summed E-state index contributed by atoms with van der Waals surface area (Å²) in [6, 6.07) is 10.0. The van der Waals surface area contributed by atoms with Crippen LogP contribution in [0, 0.1) is 11.3 Å². The highest BCUT2D eigenvalue weighted by Crippen LogP contribution is 2.36. The van der Waals surface area contributed by atoms with Crippen LogP contribution >= 0.6 is 11.8 Å². The molecule has 0 saturated carbocycles. The zero-order valence-corrected chi connectivity index (χ0v) is 17.5. The Hall–Kier alpha value is -3.64. The van der Waals surface area contributed by atoms with Gasteiger partial charge in [-0.25, -0.2) is 15.0 Å². The molecule has 30 heavy (non-hydrogen) atoms. The van der Waals surface area contributed by atoms with Crippen LogP contribution in [0.15, 0.2) is 55.4 Å². The molecule has 4 aromatic rings. The van der Waals surface area contributed by atoms with Gasteiger partial charge in [0.1, 0.15) is 35.2 Å². The molecule has 152 valence electrons. The Morgan fingerprint density at radius 3 is 2.47 bits per heavy atom. The third-order valence-electron chi connectivity index (χ3n) is 4.52. The fraction of sp³-hybridized carbons (Fsp3) is 0.190. The van der Waals surface area contributed by atoms with Gasteiger partial charge in [-0.3, -0.25) is 4.98 Å². The first-order valence-corrected chi connectivity index (χ1v) is 10.5. The number of nitrogen functional groups attached to an aromatic ring is 2. The summed E-state index contributed by atoms with van der Waals surface area (Å²) in [7, 11) is 0. The largest absolute Gasteiger partial charge is 0.382 e. The molecule has 8 nitrogen and oxygen atoms in total. The Kier molecular flexibility index (Phi) is 6.83. The van der Waals surface area contributed by atoms with Crippen molar-refractivity contribution in [3.63, 3.8) is 0 Å². The second-order valence-electron chi connectivity index (χ2n) is 6.31. The molecule has 0 amide bonds. The van der Waals surface area contributed by atoms with E-state index in [1.807, 2.05) is 42.5 Å². The highest BCUT2D eigenvalue weighted by atomic mass is 32.2. The van der Waals surface area contributed by atoms with Crippen LogP contribution in [0.5, 0.6) is 0 Å². The summed E-state index contributed by atoms with van der Waals surface area (Å²) in [5.74, 6) is 0.241. The van der Waals surface area contributed by atoms with Crippen LogP contribution in [-0.4, -0.2) is 30.6 Å². The third-order valence-corrected chi connectivity index (χ3v) is 5.68. The maximum Gasteiger partial charge on any atom is 0.146 e. The molecule has 0 bridgehead atoms. The lowest BCUT2D eigenvalue weighted by Gasteiger charge is -2.17. The van der Waals surface area contributed by atoms with E-state index in [1.165, 1.54) is 17.5 Å². The molecular formula is C21H22N8S. The molecule has 4 aromatic heterocycles. The lowest BCUT2D eigenvalue weighted by atomic mass is 10.0. The molecule has 1 atom stereocenters. The topological polar surface area (TPSA) is 132 Å². The summed E-state index contributed by atoms with van der Waals surface area (Å²) in [5, 5.41) is 8.88. The first-order valence-electron chi connectivity index (χ1n) is 9.25. The Balaban J connectivity index is 0.000000216. The van der Waals surface area contributed by atoms with Crippen LogP contribution in [0.25, 0.3) is 16.9 Å². The van der Waals surface area contributed by atoms with Crippen molar-refractivity contribution in [1.29, 1.82) is 5.26 Å². The van der Waals surface area contributed by atoms with Crippen LogP contribution < -0.4 is 11.5 Å². The maximum absolute atomic E-state index is 8.41. The molecule has 1 unspecified atom stereocenters. The second-order valence-corrected chi connectivity index (χ2v) is 7.35. The van der Waals surface area contributed by atoms with Crippen molar-refractivity contribution < 1.29 is 0 Å². The summed E-state index contributed by atoms with van der Waals surface area (Å²) in [6.07, 6.45) is 12.3. The van der Waals surface area contributed by atoms with Crippen molar-refractivity contribution in [1.82, 2.24) is 24.3 Å². The number of hydrogen-bond donors (Lipinski definition) is 2. The molecule has 4 heterocycles. The van der Waals surface area contributed by atoms with E-state index in [-0.39, 0.29) is 17.2 Å². The standard InChI is InChI=1S/C16H17N3S.C5H5N5/c1-3-15(20-2)12-10-16-18-8-9-19(16)11-13(12)14-6-4-5-7-17-14;6-1-3-4(7)9-2-10-5(3)8/h4-11,15H,3H2,1-2H3;2H,(H4,7,8,9,10). The van der Waals surface area contributed by atoms with Gasteiger partial charge in [0.25, 0.3) is 0 Å². The number of nitriles is 1. The monoisotopic (exact) mass is 418 g/mol. The number of rotatable bonds is 4. The van der Waals surface area contributed by atoms with Gasteiger partial charge in [0, 0.05) is 35.6 Å². The first kappa shape index (κ1) is 21.1. The van der Waals surface area contributed by atoms with Crippen molar-refractivity contribution in [2.45, 2.75) is 18.6 Å². The molecule has 4 N–H and O–H groups in total. The number of fused-ring (bicyclic) bond motifs is 1. The number of nitrogens with zero attached hydrogens (tertiary/aromatic N) is 6. The van der Waals surface area contributed by atoms with E-state index in [0.717, 1.165) is 17.8 Å². The summed E-state index contributed by atoms with van der Waals surface area (Å²) in [6.45, 7) is 2.22. The third kappa shape index (κ3) is 4.50. The fourth-order valence-electron chi connectivity index (χ4n) is 3.02. The number of thioether (sulfide) groups is 1. The minimum atomic E-state index is 0.120. The smallest absolute Gasteiger partial charge is 0.146 e. The number of pyridine rings is 2. The zero-order valence-electron chi connectivity index (χ0n) is 16.7. The van der Waals surface area contributed by atoms with Gasteiger partial charge in [-0.1, -0.05) is 13.0 Å². The molecular weight excluding hydrogens is 396 g/mol. The van der Waals surface area contributed by atoms with E-state index in [4.69, 9.17) is 16.7 Å². The maximum atomic E-state index is 8.41. The van der Waals surface area contributed by atoms with Gasteiger partial charge >= 0.3 is 0 Å². The van der Waals surface area contributed by atoms with Crippen LogP contribution in [0.2, 0.25) is 0 Å². The SMILES string of the molecule is CCC(SC)c1cc2nccn2cc1-c1ccccn1.N#Cc1c(N)ncnc1N. The number of anilines is 2. The normalized spacial score (nSPS) is 11.4. The predicted molar refractivity (Wildman–Crippen MR) is 121 cm³/mol. The minimum Gasteiger partial charge on any atom is -0.382 e. The molecule has 4 rings (SSSR count). The molecule has 0 aliphatic heterocycles. The molecule has 0 aromatic carbocycles. The molecule has 9 heteroatoms. The average Bonchev–Trinajstić information content (AvgIpc) is 3.23. The number of aromatic nitrogens is 5. The minimum absolute atomic E-state index is 0.120. The second kappa shape index (κ2) is 9.71. The Morgan fingerprint density at radius 1 is 1.13 bits per heavy atom. The lowest BCUT2D eigenvalue weighted by Crippen LogP contribution is -2.01. The summed E-state index contributed by atoms with van der Waals surface area (Å²) >= 11 is 1.88. The van der Waals surface area contributed by atoms with E-state index in [9.17, 15) is 0 Å². The van der Waals surface area contributed by atoms with E-state index < -0.39 is 0 Å². The van der Waals surface area contributed by atoms with Gasteiger partial charge in [-0.05, 0) is 36.4 Å². The van der Waals surface area contributed by atoms with E-state index in [2.05, 4.69) is 55.8 Å². The highest BCUT2D eigenvalue weighted by molar-refractivity contribution is 7.98. The molecule has 0 spiro atoms. The quantitative estimate of drug-likeness (QED) is 0.512. The highest BCUT2D eigenvalue weighted by Gasteiger charge is 2.16. The molecule has 0 radical (unpaired) electrons. The van der Waals surface area contributed by atoms with Crippen LogP contribution in [0.4, 0.5) is 11.6 Å². The van der Waals surface area contributed by atoms with Crippen molar-refractivity contribution in [3.05, 3.63) is 66.5 Å². The number of hydrogen-bond acceptors (Lipinski definition) is 8. The molecule has 0 aliphatic rings. The summed E-state index contributed by atoms with van der Waals surface area (Å²) in [4.78, 5) is 16.1. The number of imidazole rings is 1. The van der Waals surface area contributed by atoms with Crippen molar-refractivity contribution in [2.24, 2.45) is 0 Å². The van der Waals surface area contributed by atoms with Gasteiger partial charge in [0.2, 0.25) is 0 Å². The van der Waals surface area contributed by atoms with Gasteiger partial charge in [-0.2, -0.15) is 17.0 Å². The van der Waals surface area contributed by atoms with E-state index >= 15 is 0 Å². The molecule has 0 saturated heterocycles. The molecule has 0 fully saturated rings. The van der Waals surface area contributed by atoms with Gasteiger partial charge < -0.3 is 15.9 Å². The first-order chi connectivity index (χ1) is 14.6. The molecule has 0 aliphatic carbocycles. The van der Waals surface area contributed by atoms with Crippen molar-refractivity contribution in [2.75, 3.05) is 17.7 Å². The summed E-state index contributed by atoms with van der Waals surface area (Å²) in [5.41, 5.74) is 15.2. The van der Waals surface area contributed by atoms with E-state index in [1.54, 1.807) is 6.07 Å². The van der Waals surface area contributed by atoms with Crippen molar-refractivity contribution in [3.8, 4) is 17.3 Å². The predicted octanol–water partition coefficient (Wildman–Crippen LogP) is 3.72. The zero-order chi connectivity index (χ0) is 21.5. The van der Waals surface area contributed by atoms with Crippen molar-refractivity contribution >= 4 is 29.0 Å². The van der Waals surface area contributed by atoms with Crippen LogP contribution in [0.1, 0.15) is 29.7 Å². The average molecular weight is 419 g/mol. The van der Waals surface area contributed by atoms with Gasteiger partial charge in [0.15, 0.2) is 0 Å². The van der Waals surface area contributed by atoms with Crippen LogP contribution in [0.3, 0.4) is 0 Å². The lowest BCUT2D eigenvalue weighted by molar-refractivity contribution is 0.895. The van der Waals surface area contributed by atoms with Gasteiger partial charge in [-0.15, -0.1) is 0 Å². The fourth-order valence-corrected chi connectivity index (χ4v) is 3.80. The Labute approximate surface area is 179 Å². The van der Waals surface area contributed by atoms with Crippen LogP contribution in [-0.2, 0) is 0 Å². The number of nitrogens with two attached hydrogens (primary N) is 2. The van der Waals surface area contributed by atoms with E-state index in [0.29, 0.717) is 5.25 Å².